The second-order valence-electron chi connectivity index (χ2n) is 6.66. The van der Waals surface area contributed by atoms with Crippen LogP contribution in [0.5, 0.6) is 5.75 Å². The Balaban J connectivity index is 1.62. The number of nitrogens with one attached hydrogen (secondary N) is 1. The lowest BCUT2D eigenvalue weighted by Gasteiger charge is -2.26. The highest BCUT2D eigenvalue weighted by Gasteiger charge is 2.28. The molecule has 4 rings (SSSR count). The average Bonchev–Trinajstić information content (AvgIpc) is 3.34. The van der Waals surface area contributed by atoms with Crippen LogP contribution in [0, 0.1) is 0 Å². The number of morpholine rings is 1. The van der Waals surface area contributed by atoms with Crippen LogP contribution in [0.1, 0.15) is 10.4 Å². The summed E-state index contributed by atoms with van der Waals surface area (Å²) < 4.78 is 43.0. The molecule has 1 N–H and O–H groups in total. The van der Waals surface area contributed by atoms with E-state index in [9.17, 15) is 13.2 Å². The lowest BCUT2D eigenvalue weighted by molar-refractivity contribution is 0.0730. The van der Waals surface area contributed by atoms with Gasteiger partial charge in [-0.15, -0.1) is 10.2 Å². The molecule has 2 heterocycles. The number of benzene rings is 2. The van der Waals surface area contributed by atoms with E-state index in [-0.39, 0.29) is 29.3 Å². The Morgan fingerprint density at radius 1 is 1.16 bits per heavy atom. The maximum atomic E-state index is 13.0. The largest absolute Gasteiger partial charge is 0.496 e. The van der Waals surface area contributed by atoms with Crippen molar-refractivity contribution in [1.29, 1.82) is 0 Å². The first-order chi connectivity index (χ1) is 15.0. The van der Waals surface area contributed by atoms with Gasteiger partial charge in [0.15, 0.2) is 0 Å². The topological polar surface area (TPSA) is 124 Å². The van der Waals surface area contributed by atoms with E-state index in [1.807, 2.05) is 0 Å². The van der Waals surface area contributed by atoms with Gasteiger partial charge in [0.25, 0.3) is 5.91 Å². The predicted molar refractivity (Wildman–Crippen MR) is 110 cm³/mol. The quantitative estimate of drug-likeness (QED) is 0.612. The van der Waals surface area contributed by atoms with E-state index in [2.05, 4.69) is 15.5 Å². The van der Waals surface area contributed by atoms with Gasteiger partial charge in [-0.25, -0.2) is 8.42 Å². The Morgan fingerprint density at radius 3 is 2.68 bits per heavy atom. The molecule has 1 aliphatic heterocycles. The number of nitrogens with zero attached hydrogens (tertiary/aromatic N) is 3. The molecule has 1 fully saturated rings. The number of rotatable bonds is 6. The number of methoxy groups -OCH3 is 1. The zero-order chi connectivity index (χ0) is 21.8. The minimum absolute atomic E-state index is 0.0139. The maximum Gasteiger partial charge on any atom is 0.259 e. The van der Waals surface area contributed by atoms with Gasteiger partial charge in [0.2, 0.25) is 22.3 Å². The van der Waals surface area contributed by atoms with Crippen LogP contribution in [0.3, 0.4) is 0 Å². The molecule has 3 aromatic rings. The van der Waals surface area contributed by atoms with Gasteiger partial charge in [-0.3, -0.25) is 4.79 Å². The van der Waals surface area contributed by atoms with Crippen molar-refractivity contribution in [2.45, 2.75) is 4.90 Å². The van der Waals surface area contributed by atoms with Crippen LogP contribution in [0.2, 0.25) is 0 Å². The normalized spacial score (nSPS) is 14.9. The predicted octanol–water partition coefficient (Wildman–Crippen LogP) is 2.02. The SMILES string of the molecule is COc1ccc(S(=O)(=O)N2CCOCC2)cc1C(=O)Nc1cccc(-c2nnco2)c1. The zero-order valence-electron chi connectivity index (χ0n) is 16.6. The Kier molecular flexibility index (Phi) is 5.98. The molecule has 0 radical (unpaired) electrons. The molecular weight excluding hydrogens is 424 g/mol. The molecule has 0 aliphatic carbocycles. The van der Waals surface area contributed by atoms with Crippen molar-refractivity contribution in [2.75, 3.05) is 38.7 Å². The van der Waals surface area contributed by atoms with E-state index in [1.165, 1.54) is 36.0 Å². The highest BCUT2D eigenvalue weighted by molar-refractivity contribution is 7.89. The Hall–Kier alpha value is -3.28. The number of amides is 1. The molecule has 162 valence electrons. The Bertz CT molecular complexity index is 1170. The Labute approximate surface area is 178 Å². The lowest BCUT2D eigenvalue weighted by Crippen LogP contribution is -2.40. The molecule has 0 spiro atoms. The van der Waals surface area contributed by atoms with Crippen LogP contribution in [-0.4, -0.2) is 62.2 Å². The number of carbonyl (C=O) groups excluding carboxylic acids is 1. The fourth-order valence-corrected chi connectivity index (χ4v) is 4.62. The average molecular weight is 444 g/mol. The lowest BCUT2D eigenvalue weighted by atomic mass is 10.1. The monoisotopic (exact) mass is 444 g/mol. The van der Waals surface area contributed by atoms with E-state index in [4.69, 9.17) is 13.9 Å². The van der Waals surface area contributed by atoms with Gasteiger partial charge in [0.1, 0.15) is 5.75 Å². The first kappa shape index (κ1) is 21.0. The maximum absolute atomic E-state index is 13.0. The Morgan fingerprint density at radius 2 is 1.97 bits per heavy atom. The van der Waals surface area contributed by atoms with Crippen LogP contribution in [0.25, 0.3) is 11.5 Å². The molecule has 11 heteroatoms. The van der Waals surface area contributed by atoms with Gasteiger partial charge in [0, 0.05) is 24.3 Å². The summed E-state index contributed by atoms with van der Waals surface area (Å²) in [5, 5.41) is 10.2. The van der Waals surface area contributed by atoms with Crippen molar-refractivity contribution < 1.29 is 27.1 Å². The molecule has 0 saturated carbocycles. The first-order valence-corrected chi connectivity index (χ1v) is 10.9. The van der Waals surface area contributed by atoms with Gasteiger partial charge in [-0.1, -0.05) is 6.07 Å². The fourth-order valence-electron chi connectivity index (χ4n) is 3.19. The zero-order valence-corrected chi connectivity index (χ0v) is 17.5. The number of ether oxygens (including phenoxy) is 2. The third kappa shape index (κ3) is 4.43. The molecule has 0 bridgehead atoms. The molecule has 0 atom stereocenters. The van der Waals surface area contributed by atoms with Crippen molar-refractivity contribution in [3.63, 3.8) is 0 Å². The van der Waals surface area contributed by atoms with Crippen molar-refractivity contribution in [3.8, 4) is 17.2 Å². The number of hydrogen-bond donors (Lipinski definition) is 1. The van der Waals surface area contributed by atoms with Crippen LogP contribution in [0.15, 0.2) is 58.2 Å². The second kappa shape index (κ2) is 8.84. The molecule has 1 amide bonds. The molecule has 31 heavy (non-hydrogen) atoms. The molecular formula is C20H20N4O6S. The summed E-state index contributed by atoms with van der Waals surface area (Å²) in [6.45, 7) is 1.19. The second-order valence-corrected chi connectivity index (χ2v) is 8.60. The molecule has 1 saturated heterocycles. The number of sulfonamides is 1. The van der Waals surface area contributed by atoms with Gasteiger partial charge in [-0.05, 0) is 36.4 Å². The van der Waals surface area contributed by atoms with Crippen LogP contribution < -0.4 is 10.1 Å². The smallest absolute Gasteiger partial charge is 0.259 e. The van der Waals surface area contributed by atoms with Crippen LogP contribution in [-0.2, 0) is 14.8 Å². The minimum Gasteiger partial charge on any atom is -0.496 e. The van der Waals surface area contributed by atoms with E-state index in [0.717, 1.165) is 0 Å². The van der Waals surface area contributed by atoms with E-state index in [1.54, 1.807) is 24.3 Å². The number of anilines is 1. The highest BCUT2D eigenvalue weighted by Crippen LogP contribution is 2.27. The van der Waals surface area contributed by atoms with Crippen molar-refractivity contribution >= 4 is 21.6 Å². The van der Waals surface area contributed by atoms with Crippen molar-refractivity contribution in [1.82, 2.24) is 14.5 Å². The molecule has 2 aromatic carbocycles. The van der Waals surface area contributed by atoms with Crippen molar-refractivity contribution in [3.05, 3.63) is 54.4 Å². The molecule has 0 unspecified atom stereocenters. The molecule has 1 aromatic heterocycles. The molecule has 1 aliphatic rings. The van der Waals surface area contributed by atoms with Crippen molar-refractivity contribution in [2.24, 2.45) is 0 Å². The first-order valence-electron chi connectivity index (χ1n) is 9.43. The number of hydrogen-bond acceptors (Lipinski definition) is 8. The summed E-state index contributed by atoms with van der Waals surface area (Å²) in [6, 6.07) is 11.1. The van der Waals surface area contributed by atoms with Crippen LogP contribution in [0.4, 0.5) is 5.69 Å². The van der Waals surface area contributed by atoms with Crippen LogP contribution >= 0.6 is 0 Å². The standard InChI is InChI=1S/C20H20N4O6S/c1-28-18-6-5-16(31(26,27)24-7-9-29-10-8-24)12-17(18)19(25)22-15-4-2-3-14(11-15)20-23-21-13-30-20/h2-6,11-13H,7-10H2,1H3,(H,22,25). The summed E-state index contributed by atoms with van der Waals surface area (Å²) in [5.74, 6) is 0.0531. The van der Waals surface area contributed by atoms with E-state index in [0.29, 0.717) is 30.4 Å². The van der Waals surface area contributed by atoms with Gasteiger partial charge in [0.05, 0.1) is 30.8 Å². The molecule has 10 nitrogen and oxygen atoms in total. The number of aromatic nitrogens is 2. The third-order valence-electron chi connectivity index (χ3n) is 4.75. The third-order valence-corrected chi connectivity index (χ3v) is 6.65. The van der Waals surface area contributed by atoms with E-state index >= 15 is 0 Å². The van der Waals surface area contributed by atoms with Gasteiger partial charge < -0.3 is 19.2 Å². The minimum atomic E-state index is -3.76. The summed E-state index contributed by atoms with van der Waals surface area (Å²) >= 11 is 0. The van der Waals surface area contributed by atoms with E-state index < -0.39 is 15.9 Å². The summed E-state index contributed by atoms with van der Waals surface area (Å²) in [4.78, 5) is 13.0. The summed E-state index contributed by atoms with van der Waals surface area (Å²) in [7, 11) is -2.35. The summed E-state index contributed by atoms with van der Waals surface area (Å²) in [5.41, 5.74) is 1.20. The fraction of sp³-hybridized carbons (Fsp3) is 0.250. The number of carbonyl (C=O) groups is 1. The summed E-state index contributed by atoms with van der Waals surface area (Å²) in [6.07, 6.45) is 1.21. The van der Waals surface area contributed by atoms with Gasteiger partial charge in [-0.2, -0.15) is 4.31 Å². The van der Waals surface area contributed by atoms with Gasteiger partial charge >= 0.3 is 0 Å². The highest BCUT2D eigenvalue weighted by atomic mass is 32.2.